The molecule has 132 heavy (non-hydrogen) atoms. The Labute approximate surface area is 813 Å². The zero-order valence-electron chi connectivity index (χ0n) is 71.8. The van der Waals surface area contributed by atoms with Gasteiger partial charge >= 0.3 is 51.3 Å². The Morgan fingerprint density at radius 2 is 0.780 bits per heavy atom. The van der Waals surface area contributed by atoms with Gasteiger partial charge in [0.05, 0.1) is 69.1 Å². The van der Waals surface area contributed by atoms with E-state index in [1.54, 1.807) is 131 Å². The maximum atomic E-state index is 12.7. The van der Waals surface area contributed by atoms with Gasteiger partial charge in [0, 0.05) is 100 Å². The first-order valence-corrected chi connectivity index (χ1v) is 48.4. The summed E-state index contributed by atoms with van der Waals surface area (Å²) in [6.45, 7) is 14.8. The zero-order valence-corrected chi connectivity index (χ0v) is 81.2. The Bertz CT molecular complexity index is 5980. The van der Waals surface area contributed by atoms with Gasteiger partial charge in [-0.2, -0.15) is 36.7 Å². The Balaban J connectivity index is 0.000000238. The monoisotopic (exact) mass is 2090 g/mol. The smallest absolute Gasteiger partial charge is 0.753 e. The van der Waals surface area contributed by atoms with E-state index in [0.29, 0.717) is 94.3 Å². The first kappa shape index (κ1) is 107. The fourth-order valence-electron chi connectivity index (χ4n) is 12.3. The molecule has 0 unspecified atom stereocenters. The van der Waals surface area contributed by atoms with Gasteiger partial charge < -0.3 is 50.2 Å². The summed E-state index contributed by atoms with van der Waals surface area (Å²) in [6, 6.07) is 39.8. The Morgan fingerprint density at radius 1 is 0.409 bits per heavy atom. The maximum Gasteiger partial charge on any atom is 2.00 e. The number of unbranched alkanes of at least 4 members (excludes halogenated alkanes) is 9. The van der Waals surface area contributed by atoms with Gasteiger partial charge in [-0.25, -0.2) is 9.97 Å². The number of isothiocyanates is 2. The van der Waals surface area contributed by atoms with Crippen molar-refractivity contribution in [2.24, 2.45) is 0 Å². The first-order chi connectivity index (χ1) is 62.8. The molecule has 0 spiro atoms. The summed E-state index contributed by atoms with van der Waals surface area (Å²) in [5.41, 5.74) is 9.94. The summed E-state index contributed by atoms with van der Waals surface area (Å²) < 4.78 is 97.5. The summed E-state index contributed by atoms with van der Waals surface area (Å²) in [4.78, 5) is 83.2. The molecule has 37 heteroatoms. The molecule has 0 aliphatic heterocycles. The molecule has 22 nitrogen and oxygen atoms in total. The van der Waals surface area contributed by atoms with Crippen LogP contribution in [0.3, 0.4) is 0 Å². The molecule has 0 saturated heterocycles. The molecule has 14 heterocycles. The van der Waals surface area contributed by atoms with Crippen molar-refractivity contribution >= 4 is 119 Å². The number of rotatable bonds is 32. The molecule has 0 fully saturated rings. The minimum Gasteiger partial charge on any atom is -0.753 e. The number of aromatic nitrogens is 12. The molecule has 0 bridgehead atoms. The molecule has 0 aromatic carbocycles. The summed E-state index contributed by atoms with van der Waals surface area (Å²) in [7, 11) is -1.39. The third-order valence-corrected chi connectivity index (χ3v) is 26.2. The van der Waals surface area contributed by atoms with Crippen molar-refractivity contribution in [3.8, 4) is 137 Å². The average Bonchev–Trinajstić information content (AvgIpc) is 1.26. The van der Waals surface area contributed by atoms with Crippen molar-refractivity contribution in [1.29, 1.82) is 0 Å². The number of halogens is 6. The van der Waals surface area contributed by atoms with Crippen LogP contribution < -0.4 is 33.6 Å². The van der Waals surface area contributed by atoms with Crippen molar-refractivity contribution in [3.05, 3.63) is 252 Å². The van der Waals surface area contributed by atoms with Crippen LogP contribution in [0.1, 0.15) is 146 Å². The number of ether oxygens (including phenoxy) is 4. The second-order valence-corrected chi connectivity index (χ2v) is 38.8. The van der Waals surface area contributed by atoms with Crippen LogP contribution >= 0.6 is 69.8 Å². The second-order valence-electron chi connectivity index (χ2n) is 29.1. The predicted molar refractivity (Wildman–Crippen MR) is 505 cm³/mol. The van der Waals surface area contributed by atoms with Gasteiger partial charge in [-0.05, 0) is 184 Å². The van der Waals surface area contributed by atoms with E-state index in [0.717, 1.165) is 73.8 Å². The van der Waals surface area contributed by atoms with Crippen LogP contribution in [-0.2, 0) is 89.7 Å². The third-order valence-electron chi connectivity index (χ3n) is 18.7. The largest absolute Gasteiger partial charge is 2.00 e. The van der Waals surface area contributed by atoms with Gasteiger partial charge in [0.15, 0.2) is 0 Å². The summed E-state index contributed by atoms with van der Waals surface area (Å²) in [5.74, 6) is 14.3. The molecular formula is C95H84F6N14O8Ru2S6Si. The first-order valence-electron chi connectivity index (χ1n) is 40.6. The molecule has 0 aliphatic carbocycles. The number of aryl methyl sites for hydroxylation is 3. The van der Waals surface area contributed by atoms with Gasteiger partial charge in [-0.15, -0.1) is 45.3 Å². The van der Waals surface area contributed by atoms with Crippen molar-refractivity contribution in [3.63, 3.8) is 0 Å². The minimum atomic E-state index is -4.50. The molecular weight excluding hydrogens is 2000 g/mol. The van der Waals surface area contributed by atoms with Crippen LogP contribution in [0, 0.1) is 23.7 Å². The molecule has 0 radical (unpaired) electrons. The quantitative estimate of drug-likeness (QED) is 0.00719. The molecule has 0 atom stereocenters. The normalized spacial score (nSPS) is 10.5. The Kier molecular flexibility index (Phi) is 45.0. The van der Waals surface area contributed by atoms with Crippen LogP contribution in [0.4, 0.5) is 26.3 Å². The number of thiocarbonyl (C=S) groups is 2. The topological polar surface area (TPSA) is 307 Å². The molecule has 0 saturated carbocycles. The van der Waals surface area contributed by atoms with Crippen LogP contribution in [0.5, 0.6) is 23.0 Å². The van der Waals surface area contributed by atoms with E-state index in [-0.39, 0.29) is 61.8 Å². The van der Waals surface area contributed by atoms with Crippen LogP contribution in [0.2, 0.25) is 19.6 Å². The molecule has 14 rings (SSSR count). The fraction of sp³-hybridized carbons (Fsp3) is 0.242. The number of thiophene rings is 4. The van der Waals surface area contributed by atoms with E-state index in [1.165, 1.54) is 120 Å². The predicted octanol–water partition coefficient (Wildman–Crippen LogP) is 23.4. The van der Waals surface area contributed by atoms with Gasteiger partial charge in [0.25, 0.3) is 25.9 Å². The van der Waals surface area contributed by atoms with Crippen molar-refractivity contribution in [2.75, 3.05) is 0 Å². The Morgan fingerprint density at radius 3 is 1.17 bits per heavy atom. The van der Waals surface area contributed by atoms with E-state index in [9.17, 15) is 45.5 Å². The number of hydrogen-bond donors (Lipinski definition) is 0. The maximum absolute atomic E-state index is 12.7. The number of carbonyl (C=O) groups excluding carboxylic acids is 4. The minimum absolute atomic E-state index is 0. The van der Waals surface area contributed by atoms with Crippen LogP contribution in [0.25, 0.3) is 101 Å². The summed E-state index contributed by atoms with van der Waals surface area (Å²) >= 11 is 14.1. The van der Waals surface area contributed by atoms with E-state index < -0.39 is 31.8 Å². The zero-order chi connectivity index (χ0) is 93.3. The van der Waals surface area contributed by atoms with Gasteiger partial charge in [0.1, 0.15) is 34.4 Å². The third kappa shape index (κ3) is 34.0. The van der Waals surface area contributed by atoms with Gasteiger partial charge in [-0.3, -0.25) is 49.1 Å². The number of alkyl halides is 6. The number of carbonyl (C=O) groups is 4. The number of nitrogens with zero attached hydrogens (tertiary/aromatic N) is 14. The van der Waals surface area contributed by atoms with Gasteiger partial charge in [-0.1, -0.05) is 164 Å². The molecule has 14 aromatic heterocycles. The van der Waals surface area contributed by atoms with E-state index in [2.05, 4.69) is 195 Å². The SMILES string of the molecule is CCCCCCc1cc(-c2ccnc(-c3cc(C(F)(F)F)n[n-]3)c2)cs1.CCCCCCc1ccsc1C#Cc1ccnc(-c2cc(OC=O)cc(-c3cc(OC=O)ccn3)n2)c1.CCCCCCc1ccsc1C#Cc1ccnc(-c2cc(OC=O)cc(-c3cc(OC=O)ccn3)n2)c1.C[Si](C)(C)c1ccc(-c2ccnc(-c3cc(C(F)(F)F)n[n-]3)c2)s1.[N-]=C=S.[N-]=C=S.[Ru+2].[Ru+2]. The van der Waals surface area contributed by atoms with Crippen LogP contribution in [-0.4, -0.2) is 94.4 Å². The molecule has 14 aromatic rings. The van der Waals surface area contributed by atoms with Crippen LogP contribution in [0.15, 0.2) is 193 Å². The molecule has 0 aliphatic rings. The van der Waals surface area contributed by atoms with Gasteiger partial charge in [0.2, 0.25) is 0 Å². The standard InChI is InChI=1S/2C29H25N3O4S.C19H19F3N3S.C16H15F3N3SSi.2CNS.2Ru/c2*1-2-3-4-5-6-22-11-14-37-29(22)8-7-21-9-12-30-25(15-21)27-17-24(36-20-34)18-28(32-27)26-16-23(35-19-33)10-13-31-26;1-2-3-4-5-6-15-9-14(12-26-15)13-7-8-23-16(10-13)17-11-18(25-24-17)19(20,21)22;1-24(2,3)15-5-4-13(23-15)10-6-7-20-11(8-10)12-9-14(22-21-12)16(17,18)19;2*2-1-3;;/h2*9-20H,2-6H2,1H3;7-12H,2-6H2,1H3;4-9H,1-3H3;;;;/q;;4*-1;2*+2. The summed E-state index contributed by atoms with van der Waals surface area (Å²) in [6.07, 6.45) is 18.3. The molecule has 0 amide bonds. The van der Waals surface area contributed by atoms with Crippen molar-refractivity contribution < 1.29 is 103 Å². The fourth-order valence-corrected chi connectivity index (χ4v) is 17.8. The van der Waals surface area contributed by atoms with E-state index in [4.69, 9.17) is 29.8 Å². The van der Waals surface area contributed by atoms with E-state index in [1.807, 2.05) is 36.4 Å². The summed E-state index contributed by atoms with van der Waals surface area (Å²) in [5, 5.41) is 36.8. The molecule has 0 N–H and O–H groups in total. The van der Waals surface area contributed by atoms with Crippen molar-refractivity contribution in [1.82, 2.24) is 60.3 Å². The average molecular weight is 2090 g/mol. The second kappa shape index (κ2) is 55.4. The molecule has 680 valence electrons. The Hall–Kier alpha value is -11.9. The van der Waals surface area contributed by atoms with Crippen molar-refractivity contribution in [2.45, 2.75) is 149 Å². The number of hydrogen-bond acceptors (Lipinski definition) is 24. The number of pyridine rings is 8. The van der Waals surface area contributed by atoms with E-state index >= 15 is 0 Å².